The van der Waals surface area contributed by atoms with E-state index in [2.05, 4.69) is 4.74 Å². The quantitative estimate of drug-likeness (QED) is 0.402. The summed E-state index contributed by atoms with van der Waals surface area (Å²) in [7, 11) is 0. The van der Waals surface area contributed by atoms with Gasteiger partial charge >= 0.3 is 5.97 Å². The number of hydrogen-bond donors (Lipinski definition) is 0. The summed E-state index contributed by atoms with van der Waals surface area (Å²) >= 11 is 5.00. The van der Waals surface area contributed by atoms with Gasteiger partial charge in [-0.05, 0) is 0 Å². The first-order valence-corrected chi connectivity index (χ1v) is 2.43. The molecule has 8 heavy (non-hydrogen) atoms. The maximum Gasteiger partial charge on any atom is 0.321 e. The summed E-state index contributed by atoms with van der Waals surface area (Å²) < 4.78 is 4.21. The van der Waals surface area contributed by atoms with E-state index in [1.54, 1.807) is 6.07 Å². The lowest BCUT2D eigenvalue weighted by molar-refractivity contribution is -0.139. The summed E-state index contributed by atoms with van der Waals surface area (Å²) in [5, 5.41) is 7.84. The van der Waals surface area contributed by atoms with Gasteiger partial charge in [-0.25, -0.2) is 0 Å². The average molecular weight is 134 g/mol. The molecule has 4 heteroatoms. The van der Waals surface area contributed by atoms with E-state index >= 15 is 0 Å². The Kier molecular flexibility index (Phi) is 4.00. The predicted molar refractivity (Wildman–Crippen MR) is 27.3 cm³/mol. The number of hydrogen-bond acceptors (Lipinski definition) is 3. The van der Waals surface area contributed by atoms with Gasteiger partial charge in [-0.1, -0.05) is 0 Å². The fourth-order valence-electron chi connectivity index (χ4n) is 0.151. The first-order chi connectivity index (χ1) is 3.81. The normalized spacial score (nSPS) is 7.50. The molecule has 0 aliphatic carbocycles. The number of nitriles is 1. The van der Waals surface area contributed by atoms with E-state index in [4.69, 9.17) is 16.9 Å². The van der Waals surface area contributed by atoms with Crippen molar-refractivity contribution in [1.82, 2.24) is 0 Å². The van der Waals surface area contributed by atoms with Crippen LogP contribution in [-0.4, -0.2) is 18.5 Å². The number of ether oxygens (including phenoxy) is 1. The van der Waals surface area contributed by atoms with Crippen molar-refractivity contribution in [3.63, 3.8) is 0 Å². The number of nitrogens with zero attached hydrogens (tertiary/aromatic N) is 1. The molecule has 44 valence electrons. The predicted octanol–water partition coefficient (Wildman–Crippen LogP) is 0.292. The van der Waals surface area contributed by atoms with Crippen LogP contribution in [0.5, 0.6) is 0 Å². The van der Waals surface area contributed by atoms with Gasteiger partial charge in [0.05, 0.1) is 0 Å². The summed E-state index contributed by atoms with van der Waals surface area (Å²) in [4.78, 5) is 10.1. The fourth-order valence-corrected chi connectivity index (χ4v) is 0.228. The molecule has 3 nitrogen and oxygen atoms in total. The van der Waals surface area contributed by atoms with Crippen LogP contribution in [0.15, 0.2) is 0 Å². The maximum absolute atomic E-state index is 10.1. The topological polar surface area (TPSA) is 50.1 Å². The highest BCUT2D eigenvalue weighted by Crippen LogP contribution is 1.79. The molecule has 0 saturated heterocycles. The highest BCUT2D eigenvalue weighted by molar-refractivity contribution is 6.26. The van der Waals surface area contributed by atoms with E-state index in [0.29, 0.717) is 0 Å². The van der Waals surface area contributed by atoms with Crippen molar-refractivity contribution in [3.8, 4) is 6.07 Å². The second-order valence-corrected chi connectivity index (χ2v) is 1.22. The minimum absolute atomic E-state index is 0.193. The summed E-state index contributed by atoms with van der Waals surface area (Å²) in [5.41, 5.74) is 0. The Labute approximate surface area is 51.8 Å². The smallest absolute Gasteiger partial charge is 0.321 e. The number of alkyl halides is 1. The fraction of sp³-hybridized carbons (Fsp3) is 0.500. The molecule has 0 amide bonds. The van der Waals surface area contributed by atoms with Crippen molar-refractivity contribution in [3.05, 3.63) is 0 Å². The van der Waals surface area contributed by atoms with Crippen molar-refractivity contribution >= 4 is 17.6 Å². The highest BCUT2D eigenvalue weighted by Gasteiger charge is 1.95. The van der Waals surface area contributed by atoms with Crippen LogP contribution in [0.2, 0.25) is 0 Å². The van der Waals surface area contributed by atoms with Crippen LogP contribution in [0.25, 0.3) is 0 Å². The van der Waals surface area contributed by atoms with Gasteiger partial charge in [-0.15, -0.1) is 11.6 Å². The second-order valence-electron chi connectivity index (χ2n) is 0.952. The van der Waals surface area contributed by atoms with E-state index in [9.17, 15) is 4.79 Å². The molecule has 0 unspecified atom stereocenters. The van der Waals surface area contributed by atoms with Crippen LogP contribution >= 0.6 is 11.6 Å². The molecule has 0 fully saturated rings. The van der Waals surface area contributed by atoms with E-state index in [1.165, 1.54) is 0 Å². The standard InChI is InChI=1S/C4H4ClNO2/c5-3-4(7)8-2-1-6/h2-3H2. The van der Waals surface area contributed by atoms with Gasteiger partial charge in [0.25, 0.3) is 0 Å². The zero-order valence-corrected chi connectivity index (χ0v) is 4.81. The van der Waals surface area contributed by atoms with Crippen molar-refractivity contribution in [2.75, 3.05) is 12.5 Å². The first-order valence-electron chi connectivity index (χ1n) is 1.89. The van der Waals surface area contributed by atoms with E-state index in [-0.39, 0.29) is 12.5 Å². The Morgan fingerprint density at radius 1 is 1.88 bits per heavy atom. The monoisotopic (exact) mass is 133 g/mol. The van der Waals surface area contributed by atoms with Crippen LogP contribution in [0.4, 0.5) is 0 Å². The Morgan fingerprint density at radius 2 is 2.50 bits per heavy atom. The Balaban J connectivity index is 3.15. The van der Waals surface area contributed by atoms with Gasteiger partial charge in [0, 0.05) is 0 Å². The van der Waals surface area contributed by atoms with Crippen molar-refractivity contribution in [1.29, 1.82) is 5.26 Å². The minimum atomic E-state index is -0.562. The Bertz CT molecular complexity index is 118. The van der Waals surface area contributed by atoms with Crippen molar-refractivity contribution in [2.45, 2.75) is 0 Å². The molecule has 0 N–H and O–H groups in total. The molecular weight excluding hydrogens is 130 g/mol. The molecule has 0 bridgehead atoms. The van der Waals surface area contributed by atoms with Gasteiger partial charge < -0.3 is 4.74 Å². The third kappa shape index (κ3) is 3.44. The molecule has 0 radical (unpaired) electrons. The third-order valence-corrected chi connectivity index (χ3v) is 0.625. The lowest BCUT2D eigenvalue weighted by Gasteiger charge is -1.90. The second kappa shape index (κ2) is 4.41. The van der Waals surface area contributed by atoms with Crippen LogP contribution in [0, 0.1) is 11.3 Å². The first kappa shape index (κ1) is 7.25. The number of carbonyl (C=O) groups is 1. The summed E-state index contributed by atoms with van der Waals surface area (Å²) in [6.07, 6.45) is 0. The molecule has 0 rings (SSSR count). The number of halogens is 1. The molecule has 0 spiro atoms. The molecular formula is C4H4ClNO2. The third-order valence-electron chi connectivity index (χ3n) is 0.407. The van der Waals surface area contributed by atoms with E-state index in [0.717, 1.165) is 0 Å². The van der Waals surface area contributed by atoms with Gasteiger partial charge in [-0.3, -0.25) is 4.79 Å². The summed E-state index contributed by atoms with van der Waals surface area (Å²) in [5.74, 6) is -0.755. The van der Waals surface area contributed by atoms with Crippen molar-refractivity contribution in [2.24, 2.45) is 0 Å². The number of esters is 1. The zero-order valence-electron chi connectivity index (χ0n) is 4.06. The minimum Gasteiger partial charge on any atom is -0.449 e. The van der Waals surface area contributed by atoms with Crippen LogP contribution < -0.4 is 0 Å². The molecule has 0 aromatic carbocycles. The van der Waals surface area contributed by atoms with E-state index in [1.807, 2.05) is 0 Å². The van der Waals surface area contributed by atoms with Crippen molar-refractivity contribution < 1.29 is 9.53 Å². The van der Waals surface area contributed by atoms with Gasteiger partial charge in [0.15, 0.2) is 6.61 Å². The van der Waals surface area contributed by atoms with Gasteiger partial charge in [-0.2, -0.15) is 5.26 Å². The number of rotatable bonds is 2. The molecule has 0 aliphatic heterocycles. The zero-order chi connectivity index (χ0) is 6.41. The number of carbonyl (C=O) groups excluding carboxylic acids is 1. The van der Waals surface area contributed by atoms with Gasteiger partial charge in [0.2, 0.25) is 0 Å². The molecule has 0 saturated carbocycles. The Morgan fingerprint density at radius 3 is 2.88 bits per heavy atom. The van der Waals surface area contributed by atoms with Crippen LogP contribution in [0.3, 0.4) is 0 Å². The molecule has 0 aromatic heterocycles. The van der Waals surface area contributed by atoms with Gasteiger partial charge in [0.1, 0.15) is 11.9 Å². The van der Waals surface area contributed by atoms with E-state index < -0.39 is 5.97 Å². The SMILES string of the molecule is N#CCOC(=O)CCl. The van der Waals surface area contributed by atoms with Crippen LogP contribution in [0.1, 0.15) is 0 Å². The average Bonchev–Trinajstić information content (AvgIpc) is 1.83. The molecule has 0 heterocycles. The Hall–Kier alpha value is -0.750. The van der Waals surface area contributed by atoms with Crippen LogP contribution in [-0.2, 0) is 9.53 Å². The summed E-state index contributed by atoms with van der Waals surface area (Å²) in [6.45, 7) is -0.217. The lowest BCUT2D eigenvalue weighted by atomic mass is 10.7. The molecule has 0 atom stereocenters. The summed E-state index contributed by atoms with van der Waals surface area (Å²) in [6, 6.07) is 1.63. The largest absolute Gasteiger partial charge is 0.449 e. The highest BCUT2D eigenvalue weighted by atomic mass is 35.5. The molecule has 0 aromatic rings. The molecule has 0 aliphatic rings. The lowest BCUT2D eigenvalue weighted by Crippen LogP contribution is -2.04. The maximum atomic E-state index is 10.1.